The zero-order valence-electron chi connectivity index (χ0n) is 12.7. The van der Waals surface area contributed by atoms with Gasteiger partial charge in [-0.15, -0.1) is 0 Å². The molecule has 0 unspecified atom stereocenters. The summed E-state index contributed by atoms with van der Waals surface area (Å²) >= 11 is 0. The van der Waals surface area contributed by atoms with E-state index >= 15 is 0 Å². The largest absolute Gasteiger partial charge is 0.337 e. The van der Waals surface area contributed by atoms with Gasteiger partial charge in [0.2, 0.25) is 11.7 Å². The molecule has 0 bridgehead atoms. The van der Waals surface area contributed by atoms with E-state index in [0.29, 0.717) is 11.7 Å². The molecule has 5 nitrogen and oxygen atoms in total. The molecule has 1 aliphatic rings. The zero-order chi connectivity index (χ0) is 14.7. The van der Waals surface area contributed by atoms with Gasteiger partial charge in [0.25, 0.3) is 0 Å². The van der Waals surface area contributed by atoms with Crippen molar-refractivity contribution in [2.45, 2.75) is 19.9 Å². The number of hydrogen-bond donors (Lipinski definition) is 0. The van der Waals surface area contributed by atoms with Gasteiger partial charge < -0.3 is 9.42 Å². The molecule has 0 aliphatic carbocycles. The fourth-order valence-electron chi connectivity index (χ4n) is 2.73. The second-order valence-electron chi connectivity index (χ2n) is 5.47. The fraction of sp³-hybridized carbons (Fsp3) is 0.500. The Hall–Kier alpha value is -1.72. The molecule has 1 aliphatic heterocycles. The lowest BCUT2D eigenvalue weighted by Crippen LogP contribution is -2.46. The molecule has 0 N–H and O–H groups in total. The third-order valence-electron chi connectivity index (χ3n) is 4.23. The van der Waals surface area contributed by atoms with Crippen LogP contribution in [0.15, 0.2) is 34.9 Å². The highest BCUT2D eigenvalue weighted by Gasteiger charge is 2.25. The molecule has 21 heavy (non-hydrogen) atoms. The maximum Gasteiger partial charge on any atom is 0.244 e. The molecule has 1 fully saturated rings. The highest BCUT2D eigenvalue weighted by molar-refractivity contribution is 5.53. The molecule has 1 saturated heterocycles. The average Bonchev–Trinajstić information content (AvgIpc) is 3.05. The molecule has 0 saturated carbocycles. The minimum atomic E-state index is 0.175. The van der Waals surface area contributed by atoms with Crippen molar-refractivity contribution in [1.29, 1.82) is 0 Å². The van der Waals surface area contributed by atoms with Crippen molar-refractivity contribution in [3.63, 3.8) is 0 Å². The Kier molecular flexibility index (Phi) is 4.31. The molecule has 1 aromatic heterocycles. The van der Waals surface area contributed by atoms with Crippen LogP contribution in [0, 0.1) is 0 Å². The Morgan fingerprint density at radius 1 is 1.14 bits per heavy atom. The molecule has 112 valence electrons. The summed E-state index contributed by atoms with van der Waals surface area (Å²) in [4.78, 5) is 9.44. The van der Waals surface area contributed by atoms with E-state index in [2.05, 4.69) is 33.8 Å². The number of piperazine rings is 1. The number of likely N-dealkylation sites (N-methyl/N-ethyl adjacent to an activating group) is 1. The monoisotopic (exact) mass is 286 g/mol. The third kappa shape index (κ3) is 3.14. The van der Waals surface area contributed by atoms with Crippen molar-refractivity contribution in [2.24, 2.45) is 0 Å². The van der Waals surface area contributed by atoms with E-state index in [4.69, 9.17) is 4.52 Å². The van der Waals surface area contributed by atoms with Crippen LogP contribution < -0.4 is 0 Å². The van der Waals surface area contributed by atoms with Crippen LogP contribution in [0.4, 0.5) is 0 Å². The summed E-state index contributed by atoms with van der Waals surface area (Å²) in [5.74, 6) is 1.38. The van der Waals surface area contributed by atoms with Crippen LogP contribution in [0.3, 0.4) is 0 Å². The standard InChI is InChI=1S/C16H22N4O/c1-3-19-9-11-20(12-10-19)13(2)16-17-15(18-21-16)14-7-5-4-6-8-14/h4-8,13H,3,9-12H2,1-2H3/t13-/m1/s1. The van der Waals surface area contributed by atoms with Gasteiger partial charge in [-0.25, -0.2) is 0 Å². The van der Waals surface area contributed by atoms with Crippen molar-refractivity contribution in [3.05, 3.63) is 36.2 Å². The second-order valence-corrected chi connectivity index (χ2v) is 5.47. The van der Waals surface area contributed by atoms with E-state index in [1.807, 2.05) is 30.3 Å². The zero-order valence-corrected chi connectivity index (χ0v) is 12.7. The smallest absolute Gasteiger partial charge is 0.244 e. The molecule has 2 heterocycles. The first-order valence-electron chi connectivity index (χ1n) is 7.63. The number of rotatable bonds is 4. The quantitative estimate of drug-likeness (QED) is 0.864. The summed E-state index contributed by atoms with van der Waals surface area (Å²) in [6.45, 7) is 9.81. The molecule has 0 radical (unpaired) electrons. The van der Waals surface area contributed by atoms with E-state index in [9.17, 15) is 0 Å². The van der Waals surface area contributed by atoms with Gasteiger partial charge in [0.1, 0.15) is 0 Å². The summed E-state index contributed by atoms with van der Waals surface area (Å²) in [6, 6.07) is 10.1. The number of benzene rings is 1. The number of hydrogen-bond acceptors (Lipinski definition) is 5. The molecule has 0 amide bonds. The summed E-state index contributed by atoms with van der Waals surface area (Å²) in [5.41, 5.74) is 0.996. The van der Waals surface area contributed by atoms with Gasteiger partial charge in [0, 0.05) is 31.7 Å². The maximum atomic E-state index is 5.47. The first-order chi connectivity index (χ1) is 10.3. The Labute approximate surface area is 125 Å². The van der Waals surface area contributed by atoms with Crippen LogP contribution >= 0.6 is 0 Å². The fourth-order valence-corrected chi connectivity index (χ4v) is 2.73. The lowest BCUT2D eigenvalue weighted by atomic mass is 10.2. The van der Waals surface area contributed by atoms with Crippen molar-refractivity contribution >= 4 is 0 Å². The van der Waals surface area contributed by atoms with Crippen LogP contribution in [0.25, 0.3) is 11.4 Å². The summed E-state index contributed by atoms with van der Waals surface area (Å²) in [5, 5.41) is 4.11. The van der Waals surface area contributed by atoms with Gasteiger partial charge in [-0.05, 0) is 13.5 Å². The van der Waals surface area contributed by atoms with Gasteiger partial charge in [-0.1, -0.05) is 42.4 Å². The number of aromatic nitrogens is 2. The lowest BCUT2D eigenvalue weighted by molar-refractivity contribution is 0.0914. The van der Waals surface area contributed by atoms with E-state index in [0.717, 1.165) is 38.3 Å². The molecular weight excluding hydrogens is 264 g/mol. The van der Waals surface area contributed by atoms with E-state index in [1.165, 1.54) is 0 Å². The normalized spacial score (nSPS) is 18.8. The van der Waals surface area contributed by atoms with Gasteiger partial charge >= 0.3 is 0 Å². The summed E-state index contributed by atoms with van der Waals surface area (Å²) in [6.07, 6.45) is 0. The Morgan fingerprint density at radius 3 is 2.52 bits per heavy atom. The van der Waals surface area contributed by atoms with Gasteiger partial charge in [0.15, 0.2) is 0 Å². The van der Waals surface area contributed by atoms with Crippen molar-refractivity contribution < 1.29 is 4.52 Å². The van der Waals surface area contributed by atoms with Crippen molar-refractivity contribution in [3.8, 4) is 11.4 Å². The maximum absolute atomic E-state index is 5.47. The summed E-state index contributed by atoms with van der Waals surface area (Å²) < 4.78 is 5.47. The van der Waals surface area contributed by atoms with E-state index < -0.39 is 0 Å². The first-order valence-corrected chi connectivity index (χ1v) is 7.63. The molecule has 5 heteroatoms. The van der Waals surface area contributed by atoms with Crippen LogP contribution in [-0.4, -0.2) is 52.7 Å². The predicted octanol–water partition coefficient (Wildman–Crippen LogP) is 2.44. The van der Waals surface area contributed by atoms with Crippen LogP contribution in [-0.2, 0) is 0 Å². The minimum Gasteiger partial charge on any atom is -0.337 e. The van der Waals surface area contributed by atoms with E-state index in [1.54, 1.807) is 0 Å². The molecule has 0 spiro atoms. The van der Waals surface area contributed by atoms with Crippen molar-refractivity contribution in [1.82, 2.24) is 19.9 Å². The van der Waals surface area contributed by atoms with Gasteiger partial charge in [0.05, 0.1) is 6.04 Å². The first kappa shape index (κ1) is 14.2. The molecular formula is C16H22N4O. The van der Waals surface area contributed by atoms with Crippen molar-refractivity contribution in [2.75, 3.05) is 32.7 Å². The highest BCUT2D eigenvalue weighted by Crippen LogP contribution is 2.23. The molecule has 2 aromatic rings. The lowest BCUT2D eigenvalue weighted by Gasteiger charge is -2.36. The second kappa shape index (κ2) is 6.37. The molecule has 1 aromatic carbocycles. The highest BCUT2D eigenvalue weighted by atomic mass is 16.5. The predicted molar refractivity (Wildman–Crippen MR) is 81.8 cm³/mol. The molecule has 1 atom stereocenters. The Bertz CT molecular complexity index is 561. The van der Waals surface area contributed by atoms with Gasteiger partial charge in [-0.3, -0.25) is 4.90 Å². The van der Waals surface area contributed by atoms with Crippen LogP contribution in [0.2, 0.25) is 0 Å². The minimum absolute atomic E-state index is 0.175. The SMILES string of the molecule is CCN1CCN([C@H](C)c2nc(-c3ccccc3)no2)CC1. The average molecular weight is 286 g/mol. The van der Waals surface area contributed by atoms with E-state index in [-0.39, 0.29) is 6.04 Å². The van der Waals surface area contributed by atoms with Crippen LogP contribution in [0.5, 0.6) is 0 Å². The third-order valence-corrected chi connectivity index (χ3v) is 4.23. The Balaban J connectivity index is 1.69. The van der Waals surface area contributed by atoms with Crippen LogP contribution in [0.1, 0.15) is 25.8 Å². The van der Waals surface area contributed by atoms with Gasteiger partial charge in [-0.2, -0.15) is 4.98 Å². The topological polar surface area (TPSA) is 45.4 Å². The summed E-state index contributed by atoms with van der Waals surface area (Å²) in [7, 11) is 0. The Morgan fingerprint density at radius 2 is 1.86 bits per heavy atom. The molecule has 3 rings (SSSR count). The number of nitrogens with zero attached hydrogens (tertiary/aromatic N) is 4.